The number of hydrogen-bond donors (Lipinski definition) is 3. The number of carbonyl (C=O) groups excluding carboxylic acids is 3. The number of anilines is 1. The van der Waals surface area contributed by atoms with Crippen LogP contribution >= 0.6 is 0 Å². The highest BCUT2D eigenvalue weighted by Crippen LogP contribution is 2.32. The fraction of sp³-hybridized carbons (Fsp3) is 0.231. The lowest BCUT2D eigenvalue weighted by atomic mass is 9.95. The molecule has 2 rings (SSSR count). The van der Waals surface area contributed by atoms with E-state index in [1.54, 1.807) is 24.3 Å². The molecule has 1 aliphatic rings. The lowest BCUT2D eigenvalue weighted by molar-refractivity contribution is -0.144. The molecule has 2 atom stereocenters. The third-order valence-electron chi connectivity index (χ3n) is 3.00. The summed E-state index contributed by atoms with van der Waals surface area (Å²) in [6, 6.07) is 5.34. The maximum atomic E-state index is 12.0. The predicted octanol–water partition coefficient (Wildman–Crippen LogP) is -0.119. The van der Waals surface area contributed by atoms with E-state index in [0.717, 1.165) is 0 Å². The van der Waals surface area contributed by atoms with Crippen LogP contribution in [0.25, 0.3) is 0 Å². The minimum Gasteiger partial charge on any atom is -0.480 e. The van der Waals surface area contributed by atoms with Crippen molar-refractivity contribution in [3.8, 4) is 0 Å². The summed E-state index contributed by atoms with van der Waals surface area (Å²) in [4.78, 5) is 46.1. The van der Waals surface area contributed by atoms with E-state index >= 15 is 0 Å². The number of fused-ring (bicyclic) bond motifs is 1. The van der Waals surface area contributed by atoms with Crippen molar-refractivity contribution in [3.05, 3.63) is 29.8 Å². The molecule has 0 aliphatic carbocycles. The minimum absolute atomic E-state index is 0.417. The van der Waals surface area contributed by atoms with E-state index in [1.165, 1.54) is 6.92 Å². The molecular formula is C13H12N2O5. The van der Waals surface area contributed by atoms with Crippen LogP contribution in [0, 0.1) is 0 Å². The van der Waals surface area contributed by atoms with Gasteiger partial charge in [0, 0.05) is 5.69 Å². The molecule has 0 saturated heterocycles. The zero-order chi connectivity index (χ0) is 14.9. The molecule has 0 fully saturated rings. The highest BCUT2D eigenvalue weighted by Gasteiger charge is 2.39. The molecule has 7 heteroatoms. The lowest BCUT2D eigenvalue weighted by Crippen LogP contribution is -2.44. The summed E-state index contributed by atoms with van der Waals surface area (Å²) in [5, 5.41) is 13.2. The number of para-hydroxylation sites is 1. The molecule has 1 heterocycles. The second-order valence-corrected chi connectivity index (χ2v) is 4.41. The lowest BCUT2D eigenvalue weighted by Gasteiger charge is -2.11. The molecule has 0 spiro atoms. The van der Waals surface area contributed by atoms with Gasteiger partial charge in [-0.15, -0.1) is 0 Å². The molecule has 0 unspecified atom stereocenters. The first-order chi connectivity index (χ1) is 9.41. The Labute approximate surface area is 114 Å². The van der Waals surface area contributed by atoms with Gasteiger partial charge in [0.15, 0.2) is 0 Å². The van der Waals surface area contributed by atoms with Crippen molar-refractivity contribution in [1.82, 2.24) is 5.32 Å². The quantitative estimate of drug-likeness (QED) is 0.524. The largest absolute Gasteiger partial charge is 0.480 e. The molecule has 1 aliphatic heterocycles. The van der Waals surface area contributed by atoms with Crippen LogP contribution in [-0.4, -0.2) is 34.7 Å². The zero-order valence-electron chi connectivity index (χ0n) is 10.5. The number of carboxylic acid groups (broad SMARTS) is 1. The van der Waals surface area contributed by atoms with Gasteiger partial charge in [0.25, 0.3) is 5.91 Å². The molecule has 3 N–H and O–H groups in total. The Morgan fingerprint density at radius 3 is 2.60 bits per heavy atom. The van der Waals surface area contributed by atoms with Gasteiger partial charge in [-0.2, -0.15) is 0 Å². The van der Waals surface area contributed by atoms with Gasteiger partial charge in [0.05, 0.1) is 0 Å². The van der Waals surface area contributed by atoms with E-state index < -0.39 is 35.5 Å². The molecule has 0 bridgehead atoms. The van der Waals surface area contributed by atoms with Crippen LogP contribution in [0.1, 0.15) is 18.4 Å². The Hall–Kier alpha value is -2.70. The molecule has 0 saturated carbocycles. The second kappa shape index (κ2) is 5.12. The molecule has 0 radical (unpaired) electrons. The summed E-state index contributed by atoms with van der Waals surface area (Å²) in [5.74, 6) is -5.14. The fourth-order valence-corrected chi connectivity index (χ4v) is 1.93. The van der Waals surface area contributed by atoms with E-state index in [0.29, 0.717) is 11.3 Å². The number of Topliss-reactive ketones (excluding diaryl/α,β-unsaturated/α-hetero) is 1. The first-order valence-corrected chi connectivity index (χ1v) is 5.89. The molecule has 104 valence electrons. The van der Waals surface area contributed by atoms with Crippen LogP contribution < -0.4 is 10.6 Å². The second-order valence-electron chi connectivity index (χ2n) is 4.41. The predicted molar refractivity (Wildman–Crippen MR) is 68.1 cm³/mol. The summed E-state index contributed by atoms with van der Waals surface area (Å²) in [7, 11) is 0. The molecule has 1 aromatic carbocycles. The van der Waals surface area contributed by atoms with Crippen molar-refractivity contribution in [2.75, 3.05) is 5.32 Å². The van der Waals surface area contributed by atoms with Crippen LogP contribution in [0.3, 0.4) is 0 Å². The van der Waals surface area contributed by atoms with E-state index in [-0.39, 0.29) is 0 Å². The first kappa shape index (κ1) is 13.7. The van der Waals surface area contributed by atoms with Gasteiger partial charge >= 0.3 is 5.97 Å². The first-order valence-electron chi connectivity index (χ1n) is 5.89. The fourth-order valence-electron chi connectivity index (χ4n) is 1.93. The maximum absolute atomic E-state index is 12.0. The Kier molecular flexibility index (Phi) is 3.51. The van der Waals surface area contributed by atoms with Crippen molar-refractivity contribution in [2.24, 2.45) is 0 Å². The number of benzene rings is 1. The van der Waals surface area contributed by atoms with Gasteiger partial charge in [0.1, 0.15) is 12.0 Å². The minimum atomic E-state index is -1.26. The third-order valence-corrected chi connectivity index (χ3v) is 3.00. The average Bonchev–Trinajstić information content (AvgIpc) is 2.73. The maximum Gasteiger partial charge on any atom is 0.325 e. The molecule has 1 aromatic rings. The van der Waals surface area contributed by atoms with Crippen LogP contribution in [0.5, 0.6) is 0 Å². The van der Waals surface area contributed by atoms with Gasteiger partial charge < -0.3 is 15.7 Å². The highest BCUT2D eigenvalue weighted by molar-refractivity contribution is 6.44. The topological polar surface area (TPSA) is 113 Å². The normalized spacial score (nSPS) is 17.9. The Bertz CT molecular complexity index is 611. The number of carbonyl (C=O) groups is 4. The van der Waals surface area contributed by atoms with E-state index in [2.05, 4.69) is 5.32 Å². The van der Waals surface area contributed by atoms with E-state index in [1.807, 2.05) is 5.32 Å². The summed E-state index contributed by atoms with van der Waals surface area (Å²) in [5.41, 5.74) is 0.899. The zero-order valence-corrected chi connectivity index (χ0v) is 10.5. The van der Waals surface area contributed by atoms with E-state index in [9.17, 15) is 19.2 Å². The van der Waals surface area contributed by atoms with Gasteiger partial charge in [-0.25, -0.2) is 0 Å². The number of aliphatic carboxylic acids is 1. The highest BCUT2D eigenvalue weighted by atomic mass is 16.4. The van der Waals surface area contributed by atoms with Gasteiger partial charge in [0.2, 0.25) is 11.7 Å². The molecule has 7 nitrogen and oxygen atoms in total. The van der Waals surface area contributed by atoms with Crippen molar-refractivity contribution in [2.45, 2.75) is 18.9 Å². The van der Waals surface area contributed by atoms with Crippen molar-refractivity contribution in [1.29, 1.82) is 0 Å². The molecular weight excluding hydrogens is 264 g/mol. The summed E-state index contributed by atoms with van der Waals surface area (Å²) in [6.07, 6.45) is 0. The van der Waals surface area contributed by atoms with Crippen molar-refractivity contribution in [3.63, 3.8) is 0 Å². The number of nitrogens with one attached hydrogen (secondary N) is 2. The Morgan fingerprint density at radius 2 is 1.95 bits per heavy atom. The smallest absolute Gasteiger partial charge is 0.325 e. The van der Waals surface area contributed by atoms with Gasteiger partial charge in [-0.1, -0.05) is 18.2 Å². The summed E-state index contributed by atoms with van der Waals surface area (Å²) >= 11 is 0. The van der Waals surface area contributed by atoms with Crippen LogP contribution in [0.4, 0.5) is 5.69 Å². The monoisotopic (exact) mass is 276 g/mol. The number of hydrogen-bond acceptors (Lipinski definition) is 4. The molecule has 0 aromatic heterocycles. The summed E-state index contributed by atoms with van der Waals surface area (Å²) < 4.78 is 0. The van der Waals surface area contributed by atoms with Crippen LogP contribution in [-0.2, 0) is 19.2 Å². The summed E-state index contributed by atoms with van der Waals surface area (Å²) in [6.45, 7) is 1.23. The number of ketones is 1. The van der Waals surface area contributed by atoms with Crippen LogP contribution in [0.15, 0.2) is 24.3 Å². The molecule has 2 amide bonds. The average molecular weight is 276 g/mol. The third kappa shape index (κ3) is 2.37. The standard InChI is InChI=1S/C13H12N2O5/c1-6(13(19)20)14-12(18)10(16)9-7-4-2-3-5-8(7)15-11(9)17/h2-6,9H,1H3,(H,14,18)(H,15,17)(H,19,20)/t6-,9+/m1/s1. The Balaban J connectivity index is 2.19. The van der Waals surface area contributed by atoms with Crippen LogP contribution in [0.2, 0.25) is 0 Å². The molecule has 20 heavy (non-hydrogen) atoms. The van der Waals surface area contributed by atoms with Gasteiger partial charge in [-0.3, -0.25) is 19.2 Å². The Morgan fingerprint density at radius 1 is 1.30 bits per heavy atom. The SMILES string of the molecule is C[C@@H](NC(=O)C(=O)[C@H]1C(=O)Nc2ccccc21)C(=O)O. The number of carboxylic acids is 1. The van der Waals surface area contributed by atoms with Crippen molar-refractivity contribution < 1.29 is 24.3 Å². The number of amides is 2. The van der Waals surface area contributed by atoms with E-state index in [4.69, 9.17) is 5.11 Å². The van der Waals surface area contributed by atoms with Crippen molar-refractivity contribution >= 4 is 29.3 Å². The number of rotatable bonds is 4. The van der Waals surface area contributed by atoms with Gasteiger partial charge in [-0.05, 0) is 18.6 Å².